The number of aromatic nitrogens is 1. The number of rotatable bonds is 8. The number of benzene rings is 2. The minimum atomic E-state index is -0.236. The maximum absolute atomic E-state index is 12.3. The summed E-state index contributed by atoms with van der Waals surface area (Å²) in [5.41, 5.74) is 1.65. The van der Waals surface area contributed by atoms with E-state index >= 15 is 0 Å². The molecule has 0 spiro atoms. The van der Waals surface area contributed by atoms with Crippen LogP contribution in [0.1, 0.15) is 6.42 Å². The number of fused-ring (bicyclic) bond motifs is 1. The number of methoxy groups -OCH3 is 1. The van der Waals surface area contributed by atoms with Gasteiger partial charge in [0.1, 0.15) is 5.75 Å². The first kappa shape index (κ1) is 20.2. The highest BCUT2D eigenvalue weighted by Crippen LogP contribution is 2.29. The lowest BCUT2D eigenvalue weighted by atomic mass is 10.3. The molecule has 1 aromatic heterocycles. The van der Waals surface area contributed by atoms with E-state index in [4.69, 9.17) is 4.74 Å². The van der Waals surface area contributed by atoms with Gasteiger partial charge in [-0.15, -0.1) is 11.3 Å². The van der Waals surface area contributed by atoms with Crippen LogP contribution in [0.15, 0.2) is 52.9 Å². The number of nitrogens with zero attached hydrogens (tertiary/aromatic N) is 2. The molecular weight excluding hydrogens is 394 g/mol. The SMILES string of the molecule is COc1ccc(NC(=O)CN(C)C(=O)CCSc2nc3ccccc3s2)cc1. The second kappa shape index (κ2) is 9.57. The standard InChI is InChI=1S/C20H21N3O3S2/c1-23(13-18(24)21-14-7-9-15(26-2)10-8-14)19(25)11-12-27-20-22-16-5-3-4-6-17(16)28-20/h3-10H,11-13H2,1-2H3,(H,21,24). The topological polar surface area (TPSA) is 71.5 Å². The molecule has 0 unspecified atom stereocenters. The Morgan fingerprint density at radius 3 is 2.64 bits per heavy atom. The average Bonchev–Trinajstić information content (AvgIpc) is 3.11. The molecule has 0 saturated carbocycles. The molecule has 0 aliphatic rings. The fourth-order valence-electron chi connectivity index (χ4n) is 2.51. The van der Waals surface area contributed by atoms with Gasteiger partial charge in [-0.3, -0.25) is 9.59 Å². The van der Waals surface area contributed by atoms with E-state index in [1.54, 1.807) is 61.5 Å². The molecule has 0 aliphatic carbocycles. The van der Waals surface area contributed by atoms with E-state index < -0.39 is 0 Å². The number of thiazole rings is 1. The van der Waals surface area contributed by atoms with Gasteiger partial charge in [0.15, 0.2) is 4.34 Å². The van der Waals surface area contributed by atoms with E-state index in [9.17, 15) is 9.59 Å². The summed E-state index contributed by atoms with van der Waals surface area (Å²) in [4.78, 5) is 30.4. The fraction of sp³-hybridized carbons (Fsp3) is 0.250. The molecule has 0 aliphatic heterocycles. The molecule has 28 heavy (non-hydrogen) atoms. The Kier molecular flexibility index (Phi) is 6.89. The number of carbonyl (C=O) groups is 2. The third-order valence-corrected chi connectivity index (χ3v) is 6.18. The monoisotopic (exact) mass is 415 g/mol. The molecule has 8 heteroatoms. The molecule has 1 N–H and O–H groups in total. The van der Waals surface area contributed by atoms with E-state index in [0.29, 0.717) is 17.9 Å². The van der Waals surface area contributed by atoms with Crippen molar-refractivity contribution < 1.29 is 14.3 Å². The van der Waals surface area contributed by atoms with Crippen LogP contribution in [0.2, 0.25) is 0 Å². The Morgan fingerprint density at radius 1 is 1.18 bits per heavy atom. The van der Waals surface area contributed by atoms with Crippen molar-refractivity contribution in [1.29, 1.82) is 0 Å². The third kappa shape index (κ3) is 5.46. The van der Waals surface area contributed by atoms with E-state index in [1.165, 1.54) is 4.90 Å². The molecule has 0 fully saturated rings. The lowest BCUT2D eigenvalue weighted by molar-refractivity contribution is -0.132. The Balaban J connectivity index is 1.42. The molecule has 0 saturated heterocycles. The van der Waals surface area contributed by atoms with Gasteiger partial charge in [0, 0.05) is 24.9 Å². The zero-order valence-electron chi connectivity index (χ0n) is 15.7. The van der Waals surface area contributed by atoms with Crippen LogP contribution in [0.4, 0.5) is 5.69 Å². The van der Waals surface area contributed by atoms with Crippen molar-refractivity contribution >= 4 is 50.8 Å². The zero-order valence-corrected chi connectivity index (χ0v) is 17.3. The summed E-state index contributed by atoms with van der Waals surface area (Å²) in [5.74, 6) is 1.04. The Hall–Kier alpha value is -2.58. The Bertz CT molecular complexity index is 924. The predicted octanol–water partition coefficient (Wildman–Crippen LogP) is 3.88. The predicted molar refractivity (Wildman–Crippen MR) is 114 cm³/mol. The van der Waals surface area contributed by atoms with E-state index in [2.05, 4.69) is 10.3 Å². The summed E-state index contributed by atoms with van der Waals surface area (Å²) in [6, 6.07) is 15.0. The molecule has 6 nitrogen and oxygen atoms in total. The van der Waals surface area contributed by atoms with E-state index in [-0.39, 0.29) is 18.4 Å². The van der Waals surface area contributed by atoms with Gasteiger partial charge < -0.3 is 15.0 Å². The first-order valence-electron chi connectivity index (χ1n) is 8.71. The van der Waals surface area contributed by atoms with Crippen LogP contribution in [0.3, 0.4) is 0 Å². The zero-order chi connectivity index (χ0) is 19.9. The first-order chi connectivity index (χ1) is 13.5. The smallest absolute Gasteiger partial charge is 0.243 e. The summed E-state index contributed by atoms with van der Waals surface area (Å²) in [7, 11) is 3.22. The van der Waals surface area contributed by atoms with Gasteiger partial charge in [-0.1, -0.05) is 23.9 Å². The molecule has 0 bridgehead atoms. The number of nitrogens with one attached hydrogen (secondary N) is 1. The van der Waals surface area contributed by atoms with Crippen molar-refractivity contribution in [3.8, 4) is 5.75 Å². The van der Waals surface area contributed by atoms with E-state index in [0.717, 1.165) is 20.3 Å². The summed E-state index contributed by atoms with van der Waals surface area (Å²) >= 11 is 3.19. The normalized spacial score (nSPS) is 10.6. The molecular formula is C20H21N3O3S2. The molecule has 2 amide bonds. The van der Waals surface area contributed by atoms with Gasteiger partial charge in [-0.05, 0) is 36.4 Å². The first-order valence-corrected chi connectivity index (χ1v) is 10.5. The number of likely N-dealkylation sites (N-methyl/N-ethyl adjacent to an activating group) is 1. The minimum absolute atomic E-state index is 0.0106. The summed E-state index contributed by atoms with van der Waals surface area (Å²) in [6.45, 7) is 0.0106. The number of hydrogen-bond donors (Lipinski definition) is 1. The molecule has 1 heterocycles. The fourth-order valence-corrected chi connectivity index (χ4v) is 4.57. The highest BCUT2D eigenvalue weighted by Gasteiger charge is 2.14. The maximum atomic E-state index is 12.3. The Labute approximate surface area is 171 Å². The van der Waals surface area contributed by atoms with Crippen molar-refractivity contribution in [3.05, 3.63) is 48.5 Å². The van der Waals surface area contributed by atoms with Crippen LogP contribution in [0, 0.1) is 0 Å². The number of ether oxygens (including phenoxy) is 1. The minimum Gasteiger partial charge on any atom is -0.497 e. The van der Waals surface area contributed by atoms with Crippen LogP contribution in [-0.4, -0.2) is 48.2 Å². The van der Waals surface area contributed by atoms with Gasteiger partial charge in [0.2, 0.25) is 11.8 Å². The molecule has 0 radical (unpaired) electrons. The van der Waals surface area contributed by atoms with Crippen LogP contribution in [-0.2, 0) is 9.59 Å². The quantitative estimate of drug-likeness (QED) is 0.565. The Morgan fingerprint density at radius 2 is 1.93 bits per heavy atom. The molecule has 0 atom stereocenters. The van der Waals surface area contributed by atoms with Crippen LogP contribution >= 0.6 is 23.1 Å². The van der Waals surface area contributed by atoms with Crippen LogP contribution in [0.5, 0.6) is 5.75 Å². The van der Waals surface area contributed by atoms with Gasteiger partial charge in [-0.25, -0.2) is 4.98 Å². The number of anilines is 1. The number of amides is 2. The van der Waals surface area contributed by atoms with Gasteiger partial charge in [0.25, 0.3) is 0 Å². The second-order valence-electron chi connectivity index (χ2n) is 6.07. The number of thioether (sulfide) groups is 1. The highest BCUT2D eigenvalue weighted by atomic mass is 32.2. The molecule has 3 rings (SSSR count). The average molecular weight is 416 g/mol. The highest BCUT2D eigenvalue weighted by molar-refractivity contribution is 8.01. The maximum Gasteiger partial charge on any atom is 0.243 e. The van der Waals surface area contributed by atoms with Crippen molar-refractivity contribution in [2.75, 3.05) is 31.8 Å². The lowest BCUT2D eigenvalue weighted by Gasteiger charge is -2.16. The molecule has 2 aromatic carbocycles. The number of carbonyl (C=O) groups excluding carboxylic acids is 2. The second-order valence-corrected chi connectivity index (χ2v) is 8.45. The van der Waals surface area contributed by atoms with Gasteiger partial charge >= 0.3 is 0 Å². The van der Waals surface area contributed by atoms with Gasteiger partial charge in [-0.2, -0.15) is 0 Å². The summed E-state index contributed by atoms with van der Waals surface area (Å²) in [6.07, 6.45) is 0.354. The number of para-hydroxylation sites is 1. The lowest BCUT2D eigenvalue weighted by Crippen LogP contribution is -2.35. The van der Waals surface area contributed by atoms with Crippen molar-refractivity contribution in [2.45, 2.75) is 10.8 Å². The summed E-state index contributed by atoms with van der Waals surface area (Å²) in [5, 5.41) is 2.77. The van der Waals surface area contributed by atoms with Gasteiger partial charge in [0.05, 0.1) is 23.9 Å². The van der Waals surface area contributed by atoms with Crippen LogP contribution < -0.4 is 10.1 Å². The third-order valence-electron chi connectivity index (χ3n) is 4.00. The molecule has 146 valence electrons. The van der Waals surface area contributed by atoms with E-state index in [1.807, 2.05) is 24.3 Å². The van der Waals surface area contributed by atoms with Crippen LogP contribution in [0.25, 0.3) is 10.2 Å². The van der Waals surface area contributed by atoms with Crippen molar-refractivity contribution in [2.24, 2.45) is 0 Å². The van der Waals surface area contributed by atoms with Crippen molar-refractivity contribution in [1.82, 2.24) is 9.88 Å². The number of hydrogen-bond acceptors (Lipinski definition) is 6. The summed E-state index contributed by atoms with van der Waals surface area (Å²) < 4.78 is 7.18. The largest absolute Gasteiger partial charge is 0.497 e. The molecule has 3 aromatic rings. The van der Waals surface area contributed by atoms with Crippen molar-refractivity contribution in [3.63, 3.8) is 0 Å².